The number of benzene rings is 1. The largest absolute Gasteiger partial charge is 0.375 e. The van der Waals surface area contributed by atoms with Crippen molar-refractivity contribution >= 4 is 16.8 Å². The highest BCUT2D eigenvalue weighted by molar-refractivity contribution is 6.06. The highest BCUT2D eigenvalue weighted by Gasteiger charge is 2.34. The first-order valence-electron chi connectivity index (χ1n) is 8.82. The Hall–Kier alpha value is -2.01. The molecule has 2 aromatic rings. The number of pyridine rings is 1. The summed E-state index contributed by atoms with van der Waals surface area (Å²) in [7, 11) is 0. The number of ether oxygens (including phenoxy) is 1. The molecule has 1 aliphatic heterocycles. The number of carbonyl (C=O) groups is 1. The van der Waals surface area contributed by atoms with Gasteiger partial charge in [0, 0.05) is 36.3 Å². The molecule has 25 heavy (non-hydrogen) atoms. The molecule has 2 heterocycles. The standard InChI is InChI=1S/C20H25FN2O2/c1-5-23(15-8-9-25-20(3,4)12-15)19(24)17-10-13(2)22-18-11-14(21)6-7-16(17)18/h6-7,10-11,15H,5,8-9,12H2,1-4H3. The maximum absolute atomic E-state index is 13.6. The van der Waals surface area contributed by atoms with E-state index in [-0.39, 0.29) is 23.4 Å². The number of hydrogen-bond donors (Lipinski definition) is 0. The summed E-state index contributed by atoms with van der Waals surface area (Å²) in [5, 5.41) is 0.696. The molecule has 5 heteroatoms. The summed E-state index contributed by atoms with van der Waals surface area (Å²) in [6.07, 6.45) is 1.64. The third-order valence-electron chi connectivity index (χ3n) is 4.84. The van der Waals surface area contributed by atoms with Gasteiger partial charge >= 0.3 is 0 Å². The van der Waals surface area contributed by atoms with Crippen LogP contribution in [0, 0.1) is 12.7 Å². The molecule has 1 amide bonds. The van der Waals surface area contributed by atoms with Gasteiger partial charge in [0.1, 0.15) is 5.82 Å². The number of hydrogen-bond acceptors (Lipinski definition) is 3. The minimum atomic E-state index is -0.345. The Morgan fingerprint density at radius 2 is 2.16 bits per heavy atom. The molecule has 1 fully saturated rings. The normalized spacial score (nSPS) is 19.8. The quantitative estimate of drug-likeness (QED) is 0.842. The van der Waals surface area contributed by atoms with Gasteiger partial charge < -0.3 is 9.64 Å². The van der Waals surface area contributed by atoms with Crippen molar-refractivity contribution in [2.75, 3.05) is 13.2 Å². The maximum Gasteiger partial charge on any atom is 0.254 e. The molecule has 1 atom stereocenters. The fourth-order valence-electron chi connectivity index (χ4n) is 3.70. The van der Waals surface area contributed by atoms with Gasteiger partial charge in [0.2, 0.25) is 0 Å². The minimum Gasteiger partial charge on any atom is -0.375 e. The summed E-state index contributed by atoms with van der Waals surface area (Å²) in [5.74, 6) is -0.366. The van der Waals surface area contributed by atoms with E-state index in [0.29, 0.717) is 35.3 Å². The zero-order valence-corrected chi connectivity index (χ0v) is 15.3. The van der Waals surface area contributed by atoms with Crippen LogP contribution in [0.2, 0.25) is 0 Å². The third-order valence-corrected chi connectivity index (χ3v) is 4.84. The van der Waals surface area contributed by atoms with Crippen LogP contribution in [-0.2, 0) is 4.74 Å². The van der Waals surface area contributed by atoms with Crippen LogP contribution in [0.1, 0.15) is 49.7 Å². The van der Waals surface area contributed by atoms with Crippen LogP contribution < -0.4 is 0 Å². The summed E-state index contributed by atoms with van der Waals surface area (Å²) in [6.45, 7) is 9.23. The van der Waals surface area contributed by atoms with Crippen LogP contribution in [0.4, 0.5) is 4.39 Å². The van der Waals surface area contributed by atoms with Gasteiger partial charge in [0.25, 0.3) is 5.91 Å². The fourth-order valence-corrected chi connectivity index (χ4v) is 3.70. The Bertz CT molecular complexity index is 798. The van der Waals surface area contributed by atoms with Gasteiger partial charge in [0.05, 0.1) is 16.7 Å². The van der Waals surface area contributed by atoms with Crippen molar-refractivity contribution in [3.05, 3.63) is 41.3 Å². The smallest absolute Gasteiger partial charge is 0.254 e. The van der Waals surface area contributed by atoms with Gasteiger partial charge in [-0.1, -0.05) is 0 Å². The first-order valence-corrected chi connectivity index (χ1v) is 8.82. The van der Waals surface area contributed by atoms with E-state index >= 15 is 0 Å². The van der Waals surface area contributed by atoms with E-state index in [1.165, 1.54) is 12.1 Å². The Morgan fingerprint density at radius 1 is 1.40 bits per heavy atom. The topological polar surface area (TPSA) is 42.4 Å². The number of aryl methyl sites for hydroxylation is 1. The molecule has 1 unspecified atom stereocenters. The highest BCUT2D eigenvalue weighted by Crippen LogP contribution is 2.29. The Labute approximate surface area is 148 Å². The third kappa shape index (κ3) is 3.66. The van der Waals surface area contributed by atoms with Gasteiger partial charge in [-0.25, -0.2) is 4.39 Å². The summed E-state index contributed by atoms with van der Waals surface area (Å²) >= 11 is 0. The molecular weight excluding hydrogens is 319 g/mol. The summed E-state index contributed by atoms with van der Waals surface area (Å²) in [6, 6.07) is 6.35. The van der Waals surface area contributed by atoms with Crippen LogP contribution >= 0.6 is 0 Å². The second-order valence-corrected chi connectivity index (χ2v) is 7.32. The van der Waals surface area contributed by atoms with Gasteiger partial charge in [-0.2, -0.15) is 0 Å². The number of aromatic nitrogens is 1. The lowest BCUT2D eigenvalue weighted by Gasteiger charge is -2.41. The molecular formula is C20H25FN2O2. The average Bonchev–Trinajstić information content (AvgIpc) is 2.53. The van der Waals surface area contributed by atoms with Crippen LogP contribution in [-0.4, -0.2) is 40.6 Å². The van der Waals surface area contributed by atoms with E-state index in [2.05, 4.69) is 18.8 Å². The number of rotatable bonds is 3. The fraction of sp³-hybridized carbons (Fsp3) is 0.500. The molecule has 0 spiro atoms. The van der Waals surface area contributed by atoms with Crippen molar-refractivity contribution in [3.8, 4) is 0 Å². The van der Waals surface area contributed by atoms with Gasteiger partial charge in [0.15, 0.2) is 0 Å². The maximum atomic E-state index is 13.6. The molecule has 3 rings (SSSR count). The van der Waals surface area contributed by atoms with Gasteiger partial charge in [-0.3, -0.25) is 9.78 Å². The molecule has 0 aliphatic carbocycles. The summed E-state index contributed by atoms with van der Waals surface area (Å²) in [5.41, 5.74) is 1.60. The lowest BCUT2D eigenvalue weighted by atomic mass is 9.92. The van der Waals surface area contributed by atoms with E-state index in [1.54, 1.807) is 12.1 Å². The predicted molar refractivity (Wildman–Crippen MR) is 96.2 cm³/mol. The predicted octanol–water partition coefficient (Wildman–Crippen LogP) is 4.10. The second kappa shape index (κ2) is 6.71. The molecule has 4 nitrogen and oxygen atoms in total. The van der Waals surface area contributed by atoms with Crippen molar-refractivity contribution in [2.24, 2.45) is 0 Å². The molecule has 1 saturated heterocycles. The number of amides is 1. The number of fused-ring (bicyclic) bond motifs is 1. The van der Waals surface area contributed by atoms with Crippen molar-refractivity contribution < 1.29 is 13.9 Å². The SMILES string of the molecule is CCN(C(=O)c1cc(C)nc2cc(F)ccc12)C1CCOC(C)(C)C1. The lowest BCUT2D eigenvalue weighted by Crippen LogP contribution is -2.48. The molecule has 0 radical (unpaired) electrons. The van der Waals surface area contributed by atoms with Gasteiger partial charge in [-0.05, 0) is 58.7 Å². The zero-order chi connectivity index (χ0) is 18.2. The molecule has 0 saturated carbocycles. The first kappa shape index (κ1) is 17.8. The number of halogens is 1. The van der Waals surface area contributed by atoms with Gasteiger partial charge in [-0.15, -0.1) is 0 Å². The van der Waals surface area contributed by atoms with Crippen LogP contribution in [0.15, 0.2) is 24.3 Å². The lowest BCUT2D eigenvalue weighted by molar-refractivity contribution is -0.0777. The molecule has 1 aliphatic rings. The Balaban J connectivity index is 2.00. The zero-order valence-electron chi connectivity index (χ0n) is 15.3. The molecule has 0 N–H and O–H groups in total. The highest BCUT2D eigenvalue weighted by atomic mass is 19.1. The first-order chi connectivity index (χ1) is 11.8. The molecule has 1 aromatic carbocycles. The average molecular weight is 344 g/mol. The van der Waals surface area contributed by atoms with Crippen LogP contribution in [0.25, 0.3) is 10.9 Å². The number of carbonyl (C=O) groups excluding carboxylic acids is 1. The van der Waals surface area contributed by atoms with Crippen molar-refractivity contribution in [1.29, 1.82) is 0 Å². The van der Waals surface area contributed by atoms with E-state index in [9.17, 15) is 9.18 Å². The second-order valence-electron chi connectivity index (χ2n) is 7.32. The van der Waals surface area contributed by atoms with Crippen molar-refractivity contribution in [2.45, 2.75) is 52.2 Å². The minimum absolute atomic E-state index is 0.0210. The summed E-state index contributed by atoms with van der Waals surface area (Å²) in [4.78, 5) is 19.6. The van der Waals surface area contributed by atoms with Crippen LogP contribution in [0.3, 0.4) is 0 Å². The van der Waals surface area contributed by atoms with E-state index in [0.717, 1.165) is 12.8 Å². The monoisotopic (exact) mass is 344 g/mol. The van der Waals surface area contributed by atoms with E-state index in [4.69, 9.17) is 4.74 Å². The Morgan fingerprint density at radius 3 is 2.84 bits per heavy atom. The molecule has 134 valence electrons. The van der Waals surface area contributed by atoms with Crippen molar-refractivity contribution in [3.63, 3.8) is 0 Å². The van der Waals surface area contributed by atoms with E-state index in [1.807, 2.05) is 18.7 Å². The van der Waals surface area contributed by atoms with Crippen LogP contribution in [0.5, 0.6) is 0 Å². The molecule has 0 bridgehead atoms. The molecule has 1 aromatic heterocycles. The summed E-state index contributed by atoms with van der Waals surface area (Å²) < 4.78 is 19.3. The Kier molecular flexibility index (Phi) is 4.78. The van der Waals surface area contributed by atoms with Crippen molar-refractivity contribution in [1.82, 2.24) is 9.88 Å². The van der Waals surface area contributed by atoms with E-state index < -0.39 is 0 Å². The number of nitrogens with zero attached hydrogens (tertiary/aromatic N) is 2.